The van der Waals surface area contributed by atoms with Gasteiger partial charge in [0.15, 0.2) is 5.96 Å². The summed E-state index contributed by atoms with van der Waals surface area (Å²) in [5.74, 6) is 1.70. The van der Waals surface area contributed by atoms with E-state index in [-0.39, 0.29) is 5.91 Å². The van der Waals surface area contributed by atoms with Crippen LogP contribution >= 0.6 is 0 Å². The normalized spacial score (nSPS) is 14.1. The Kier molecular flexibility index (Phi) is 9.69. The van der Waals surface area contributed by atoms with E-state index in [0.29, 0.717) is 13.0 Å². The second kappa shape index (κ2) is 12.3. The van der Waals surface area contributed by atoms with E-state index in [2.05, 4.69) is 27.9 Å². The Hall–Kier alpha value is -2.08. The number of aliphatic imine (C=N–C) groups is 1. The van der Waals surface area contributed by atoms with E-state index in [4.69, 9.17) is 4.74 Å². The van der Waals surface area contributed by atoms with Gasteiger partial charge in [-0.3, -0.25) is 4.79 Å². The summed E-state index contributed by atoms with van der Waals surface area (Å²) >= 11 is 0. The van der Waals surface area contributed by atoms with Gasteiger partial charge in [0.25, 0.3) is 0 Å². The van der Waals surface area contributed by atoms with Crippen LogP contribution in [0.5, 0.6) is 0 Å². The molecule has 0 aromatic heterocycles. The Balaban J connectivity index is 1.71. The van der Waals surface area contributed by atoms with Crippen LogP contribution in [0.4, 0.5) is 5.69 Å². The molecule has 6 nitrogen and oxygen atoms in total. The average molecular weight is 375 g/mol. The first-order valence-corrected chi connectivity index (χ1v) is 10.2. The number of hydrogen-bond donors (Lipinski definition) is 3. The topological polar surface area (TPSA) is 74.8 Å². The Morgan fingerprint density at radius 3 is 2.63 bits per heavy atom. The van der Waals surface area contributed by atoms with E-state index in [1.165, 1.54) is 12.8 Å². The van der Waals surface area contributed by atoms with E-state index in [9.17, 15) is 4.79 Å². The molecule has 0 aliphatic heterocycles. The average Bonchev–Trinajstić information content (AvgIpc) is 3.48. The number of carbonyl (C=O) groups is 1. The zero-order valence-corrected chi connectivity index (χ0v) is 16.7. The Bertz CT molecular complexity index is 582. The zero-order valence-electron chi connectivity index (χ0n) is 16.7. The number of guanidine groups is 1. The van der Waals surface area contributed by atoms with E-state index in [1.54, 1.807) is 0 Å². The maximum atomic E-state index is 11.6. The quantitative estimate of drug-likeness (QED) is 0.298. The van der Waals surface area contributed by atoms with Gasteiger partial charge in [0.1, 0.15) is 0 Å². The van der Waals surface area contributed by atoms with Gasteiger partial charge in [0, 0.05) is 38.4 Å². The number of carbonyl (C=O) groups excluding carboxylic acids is 1. The van der Waals surface area contributed by atoms with Crippen molar-refractivity contribution >= 4 is 17.6 Å². The fraction of sp³-hybridized carbons (Fsp3) is 0.619. The molecule has 1 aromatic rings. The lowest BCUT2D eigenvalue weighted by atomic mass is 10.2. The van der Waals surface area contributed by atoms with Gasteiger partial charge < -0.3 is 20.7 Å². The molecule has 1 aromatic carbocycles. The highest BCUT2D eigenvalue weighted by molar-refractivity contribution is 5.90. The Morgan fingerprint density at radius 1 is 1.19 bits per heavy atom. The summed E-state index contributed by atoms with van der Waals surface area (Å²) in [7, 11) is 0. The van der Waals surface area contributed by atoms with Crippen LogP contribution in [-0.2, 0) is 16.1 Å². The number of nitrogens with zero attached hydrogens (tertiary/aromatic N) is 1. The fourth-order valence-corrected chi connectivity index (χ4v) is 2.57. The third-order valence-electron chi connectivity index (χ3n) is 4.29. The molecule has 1 aliphatic rings. The molecular formula is C21H34N4O2. The second-order valence-corrected chi connectivity index (χ2v) is 6.99. The first kappa shape index (κ1) is 21.2. The Labute approximate surface area is 163 Å². The van der Waals surface area contributed by atoms with Crippen molar-refractivity contribution in [3.05, 3.63) is 29.8 Å². The van der Waals surface area contributed by atoms with Crippen molar-refractivity contribution in [1.82, 2.24) is 10.6 Å². The van der Waals surface area contributed by atoms with Crippen molar-refractivity contribution in [2.24, 2.45) is 10.9 Å². The molecule has 6 heteroatoms. The lowest BCUT2D eigenvalue weighted by Crippen LogP contribution is -2.38. The van der Waals surface area contributed by atoms with Crippen molar-refractivity contribution in [2.45, 2.75) is 52.5 Å². The third kappa shape index (κ3) is 9.43. The van der Waals surface area contributed by atoms with Crippen molar-refractivity contribution in [1.29, 1.82) is 0 Å². The molecule has 0 spiro atoms. The summed E-state index contributed by atoms with van der Waals surface area (Å²) in [5, 5.41) is 9.51. The summed E-state index contributed by atoms with van der Waals surface area (Å²) < 4.78 is 5.65. The van der Waals surface area contributed by atoms with E-state index in [1.807, 2.05) is 31.2 Å². The van der Waals surface area contributed by atoms with Crippen LogP contribution in [0.25, 0.3) is 0 Å². The molecule has 0 unspecified atom stereocenters. The number of benzene rings is 1. The molecule has 0 radical (unpaired) electrons. The first-order chi connectivity index (χ1) is 13.2. The van der Waals surface area contributed by atoms with Crippen LogP contribution in [-0.4, -0.2) is 38.2 Å². The predicted octanol–water partition coefficient (Wildman–Crippen LogP) is 3.30. The molecule has 27 heavy (non-hydrogen) atoms. The van der Waals surface area contributed by atoms with Crippen molar-refractivity contribution in [3.63, 3.8) is 0 Å². The number of anilines is 1. The molecule has 0 atom stereocenters. The van der Waals surface area contributed by atoms with E-state index < -0.39 is 0 Å². The third-order valence-corrected chi connectivity index (χ3v) is 4.29. The molecule has 1 amide bonds. The number of hydrogen-bond acceptors (Lipinski definition) is 3. The summed E-state index contributed by atoms with van der Waals surface area (Å²) in [6.45, 7) is 8.04. The minimum absolute atomic E-state index is 0.0583. The van der Waals surface area contributed by atoms with Crippen molar-refractivity contribution in [2.75, 3.05) is 31.6 Å². The highest BCUT2D eigenvalue weighted by Crippen LogP contribution is 2.28. The van der Waals surface area contributed by atoms with Gasteiger partial charge in [-0.2, -0.15) is 0 Å². The highest BCUT2D eigenvalue weighted by Gasteiger charge is 2.20. The monoisotopic (exact) mass is 374 g/mol. The SMILES string of the molecule is CCCC(=O)Nc1ccc(CN=C(NCC)NCCCOCC2CC2)cc1. The Morgan fingerprint density at radius 2 is 1.96 bits per heavy atom. The predicted molar refractivity (Wildman–Crippen MR) is 111 cm³/mol. The van der Waals surface area contributed by atoms with Gasteiger partial charge in [-0.05, 0) is 56.2 Å². The number of ether oxygens (including phenoxy) is 1. The maximum Gasteiger partial charge on any atom is 0.224 e. The molecule has 1 aliphatic carbocycles. The lowest BCUT2D eigenvalue weighted by Gasteiger charge is -2.11. The molecule has 2 rings (SSSR count). The van der Waals surface area contributed by atoms with Crippen LogP contribution in [0.1, 0.15) is 51.5 Å². The molecule has 150 valence electrons. The standard InChI is InChI=1S/C21H34N4O2/c1-3-6-20(26)25-19-11-9-17(10-12-19)15-24-21(22-4-2)23-13-5-14-27-16-18-7-8-18/h9-12,18H,3-8,13-16H2,1-2H3,(H,25,26)(H2,22,23,24). The fourth-order valence-electron chi connectivity index (χ4n) is 2.57. The molecular weight excluding hydrogens is 340 g/mol. The molecule has 0 saturated heterocycles. The summed E-state index contributed by atoms with van der Waals surface area (Å²) in [4.78, 5) is 16.3. The van der Waals surface area contributed by atoms with Crippen molar-refractivity contribution < 1.29 is 9.53 Å². The van der Waals surface area contributed by atoms with Gasteiger partial charge in [-0.15, -0.1) is 0 Å². The van der Waals surface area contributed by atoms with Crippen LogP contribution in [0, 0.1) is 5.92 Å². The molecule has 1 fully saturated rings. The van der Waals surface area contributed by atoms with E-state index >= 15 is 0 Å². The largest absolute Gasteiger partial charge is 0.381 e. The van der Waals surface area contributed by atoms with E-state index in [0.717, 1.165) is 62.3 Å². The molecule has 3 N–H and O–H groups in total. The molecule has 1 saturated carbocycles. The summed E-state index contributed by atoms with van der Waals surface area (Å²) in [6.07, 6.45) is 5.05. The smallest absolute Gasteiger partial charge is 0.224 e. The summed E-state index contributed by atoms with van der Waals surface area (Å²) in [5.41, 5.74) is 1.94. The van der Waals surface area contributed by atoms with Crippen LogP contribution in [0.2, 0.25) is 0 Å². The number of nitrogens with one attached hydrogen (secondary N) is 3. The highest BCUT2D eigenvalue weighted by atomic mass is 16.5. The molecule has 0 heterocycles. The maximum absolute atomic E-state index is 11.6. The van der Waals surface area contributed by atoms with Gasteiger partial charge in [-0.1, -0.05) is 19.1 Å². The van der Waals surface area contributed by atoms with Gasteiger partial charge in [0.2, 0.25) is 5.91 Å². The van der Waals surface area contributed by atoms with Gasteiger partial charge in [0.05, 0.1) is 6.54 Å². The summed E-state index contributed by atoms with van der Waals surface area (Å²) in [6, 6.07) is 7.85. The zero-order chi connectivity index (χ0) is 19.3. The van der Waals surface area contributed by atoms with Crippen molar-refractivity contribution in [3.8, 4) is 0 Å². The minimum Gasteiger partial charge on any atom is -0.381 e. The van der Waals surface area contributed by atoms with Gasteiger partial charge >= 0.3 is 0 Å². The van der Waals surface area contributed by atoms with Gasteiger partial charge in [-0.25, -0.2) is 4.99 Å². The number of rotatable bonds is 12. The van der Waals surface area contributed by atoms with Crippen LogP contribution in [0.3, 0.4) is 0 Å². The van der Waals surface area contributed by atoms with Crippen LogP contribution in [0.15, 0.2) is 29.3 Å². The number of amides is 1. The minimum atomic E-state index is 0.0583. The lowest BCUT2D eigenvalue weighted by molar-refractivity contribution is -0.116. The van der Waals surface area contributed by atoms with Crippen LogP contribution < -0.4 is 16.0 Å². The first-order valence-electron chi connectivity index (χ1n) is 10.2. The molecule has 0 bridgehead atoms. The second-order valence-electron chi connectivity index (χ2n) is 6.99.